The van der Waals surface area contributed by atoms with Gasteiger partial charge in [0, 0.05) is 31.5 Å². The van der Waals surface area contributed by atoms with Gasteiger partial charge >= 0.3 is 0 Å². The number of hydrogen-bond donors (Lipinski definition) is 5. The van der Waals surface area contributed by atoms with Crippen molar-refractivity contribution in [2.75, 3.05) is 36.6 Å². The molecule has 2 heterocycles. The largest absolute Gasteiger partial charge is 0.398 e. The van der Waals surface area contributed by atoms with Crippen LogP contribution in [0.25, 0.3) is 0 Å². The van der Waals surface area contributed by atoms with Gasteiger partial charge in [-0.2, -0.15) is 0 Å². The zero-order chi connectivity index (χ0) is 22.0. The molecule has 8 nitrogen and oxygen atoms in total. The molecule has 2 aromatic rings. The number of nitrogens with two attached hydrogens (primary N) is 1. The predicted molar refractivity (Wildman–Crippen MR) is 123 cm³/mol. The van der Waals surface area contributed by atoms with Crippen LogP contribution in [0, 0.1) is 5.41 Å². The Hall–Kier alpha value is -3.26. The number of piperidine rings is 1. The van der Waals surface area contributed by atoms with Crippen molar-refractivity contribution in [1.29, 1.82) is 5.41 Å². The molecule has 2 aliphatic rings. The number of carbonyl (C=O) groups is 1. The van der Waals surface area contributed by atoms with Crippen molar-refractivity contribution >= 4 is 28.8 Å². The molecule has 31 heavy (non-hydrogen) atoms. The summed E-state index contributed by atoms with van der Waals surface area (Å²) in [5.74, 6) is 0.256. The van der Waals surface area contributed by atoms with Gasteiger partial charge in [0.05, 0.1) is 23.5 Å². The Labute approximate surface area is 182 Å². The van der Waals surface area contributed by atoms with Gasteiger partial charge in [-0.1, -0.05) is 30.3 Å². The minimum absolute atomic E-state index is 0.107. The van der Waals surface area contributed by atoms with E-state index >= 15 is 0 Å². The van der Waals surface area contributed by atoms with Crippen LogP contribution in [-0.4, -0.2) is 49.1 Å². The molecule has 1 fully saturated rings. The second-order valence-corrected chi connectivity index (χ2v) is 8.12. The fourth-order valence-corrected chi connectivity index (χ4v) is 4.15. The van der Waals surface area contributed by atoms with E-state index in [2.05, 4.69) is 16.0 Å². The number of hydrogen-bond acceptors (Lipinski definition) is 6. The van der Waals surface area contributed by atoms with Crippen LogP contribution in [0.2, 0.25) is 0 Å². The molecule has 8 heteroatoms. The molecule has 0 saturated carbocycles. The van der Waals surface area contributed by atoms with Gasteiger partial charge in [0.15, 0.2) is 6.17 Å². The molecular weight excluding hydrogens is 392 g/mol. The second kappa shape index (κ2) is 8.85. The number of nitrogens with zero attached hydrogens (tertiary/aromatic N) is 1. The Kier molecular flexibility index (Phi) is 5.99. The summed E-state index contributed by atoms with van der Waals surface area (Å²) in [4.78, 5) is 14.8. The standard InChI is InChI=1S/C23H30N6O2/c1-14(15-6-4-3-5-7-15)26-23(30)22-27-19-12-17(18(24)13-20(19)28-22)21(25)29-10-8-16(31-2)9-11-29/h3-7,12-14,16,22,25,27-28H,8-11,24H2,1-2H3,(H,26,30). The number of nitrogens with one attached hydrogen (secondary N) is 4. The molecule has 2 aromatic carbocycles. The van der Waals surface area contributed by atoms with Crippen LogP contribution in [0.15, 0.2) is 42.5 Å². The van der Waals surface area contributed by atoms with Crippen molar-refractivity contribution in [2.45, 2.75) is 38.1 Å². The van der Waals surface area contributed by atoms with Crippen LogP contribution in [0.4, 0.5) is 17.1 Å². The molecule has 0 bridgehead atoms. The Morgan fingerprint density at radius 2 is 1.84 bits per heavy atom. The van der Waals surface area contributed by atoms with E-state index in [1.165, 1.54) is 0 Å². The van der Waals surface area contributed by atoms with Crippen LogP contribution >= 0.6 is 0 Å². The summed E-state index contributed by atoms with van der Waals surface area (Å²) in [6.45, 7) is 3.49. The van der Waals surface area contributed by atoms with E-state index in [0.717, 1.165) is 42.9 Å². The van der Waals surface area contributed by atoms with Gasteiger partial charge in [0.1, 0.15) is 5.84 Å². The van der Waals surface area contributed by atoms with E-state index in [1.807, 2.05) is 48.2 Å². The lowest BCUT2D eigenvalue weighted by atomic mass is 10.0. The van der Waals surface area contributed by atoms with E-state index in [-0.39, 0.29) is 18.1 Å². The smallest absolute Gasteiger partial charge is 0.263 e. The first kappa shape index (κ1) is 21.0. The number of likely N-dealkylation sites (tertiary alicyclic amines) is 1. The molecular formula is C23H30N6O2. The van der Waals surface area contributed by atoms with E-state index in [0.29, 0.717) is 17.1 Å². The number of ether oxygens (including phenoxy) is 1. The molecule has 164 valence electrons. The van der Waals surface area contributed by atoms with Gasteiger partial charge in [-0.3, -0.25) is 10.2 Å². The predicted octanol–water partition coefficient (Wildman–Crippen LogP) is 2.75. The highest BCUT2D eigenvalue weighted by molar-refractivity contribution is 6.05. The highest BCUT2D eigenvalue weighted by Crippen LogP contribution is 2.34. The summed E-state index contributed by atoms with van der Waals surface area (Å²) in [5, 5.41) is 18.1. The molecule has 4 rings (SSSR count). The highest BCUT2D eigenvalue weighted by Gasteiger charge is 2.29. The minimum atomic E-state index is -0.595. The van der Waals surface area contributed by atoms with Crippen LogP contribution in [0.1, 0.15) is 36.9 Å². The first-order chi connectivity index (χ1) is 15.0. The lowest BCUT2D eigenvalue weighted by molar-refractivity contribution is -0.121. The lowest BCUT2D eigenvalue weighted by Crippen LogP contribution is -2.42. The third-order valence-corrected chi connectivity index (χ3v) is 6.06. The Bertz CT molecular complexity index is 956. The number of amides is 1. The van der Waals surface area contributed by atoms with E-state index in [4.69, 9.17) is 15.9 Å². The minimum Gasteiger partial charge on any atom is -0.398 e. The van der Waals surface area contributed by atoms with Crippen molar-refractivity contribution in [2.24, 2.45) is 0 Å². The number of nitrogen functional groups attached to an aromatic ring is 1. The Balaban J connectivity index is 1.42. The number of benzene rings is 2. The van der Waals surface area contributed by atoms with Gasteiger partial charge < -0.3 is 31.3 Å². The summed E-state index contributed by atoms with van der Waals surface area (Å²) in [6, 6.07) is 13.4. The molecule has 2 atom stereocenters. The normalized spacial score (nSPS) is 19.2. The number of fused-ring (bicyclic) bond motifs is 1. The van der Waals surface area contributed by atoms with Crippen molar-refractivity contribution in [1.82, 2.24) is 10.2 Å². The van der Waals surface area contributed by atoms with E-state index < -0.39 is 6.17 Å². The van der Waals surface area contributed by atoms with Crippen molar-refractivity contribution in [3.8, 4) is 0 Å². The highest BCUT2D eigenvalue weighted by atomic mass is 16.5. The maximum absolute atomic E-state index is 12.8. The van der Waals surface area contributed by atoms with Crippen LogP contribution in [0.3, 0.4) is 0 Å². The number of carbonyl (C=O) groups excluding carboxylic acids is 1. The topological polar surface area (TPSA) is 116 Å². The van der Waals surface area contributed by atoms with Crippen molar-refractivity contribution < 1.29 is 9.53 Å². The average Bonchev–Trinajstić information content (AvgIpc) is 3.21. The molecule has 0 aliphatic carbocycles. The van der Waals surface area contributed by atoms with Gasteiger partial charge in [-0.15, -0.1) is 0 Å². The summed E-state index contributed by atoms with van der Waals surface area (Å²) in [7, 11) is 1.73. The summed E-state index contributed by atoms with van der Waals surface area (Å²) in [5.41, 5.74) is 10.0. The number of rotatable bonds is 5. The fourth-order valence-electron chi connectivity index (χ4n) is 4.15. The molecule has 2 unspecified atom stereocenters. The molecule has 6 N–H and O–H groups in total. The first-order valence-corrected chi connectivity index (χ1v) is 10.6. The SMILES string of the molecule is COC1CCN(C(=N)c2cc3c(cc2N)NC(C(=O)NC(C)c2ccccc2)N3)CC1. The molecule has 2 aliphatic heterocycles. The fraction of sp³-hybridized carbons (Fsp3) is 0.391. The van der Waals surface area contributed by atoms with Crippen LogP contribution in [-0.2, 0) is 9.53 Å². The molecule has 1 amide bonds. The second-order valence-electron chi connectivity index (χ2n) is 8.12. The number of anilines is 3. The molecule has 0 radical (unpaired) electrons. The van der Waals surface area contributed by atoms with Gasteiger partial charge in [-0.05, 0) is 37.5 Å². The first-order valence-electron chi connectivity index (χ1n) is 10.6. The Morgan fingerprint density at radius 3 is 2.48 bits per heavy atom. The average molecular weight is 423 g/mol. The van der Waals surface area contributed by atoms with E-state index in [1.54, 1.807) is 13.2 Å². The van der Waals surface area contributed by atoms with Crippen molar-refractivity contribution in [3.63, 3.8) is 0 Å². The molecule has 0 aromatic heterocycles. The van der Waals surface area contributed by atoms with E-state index in [9.17, 15) is 4.79 Å². The quantitative estimate of drug-likeness (QED) is 0.287. The van der Waals surface area contributed by atoms with Crippen LogP contribution < -0.4 is 21.7 Å². The molecule has 0 spiro atoms. The summed E-state index contributed by atoms with van der Waals surface area (Å²) >= 11 is 0. The zero-order valence-corrected chi connectivity index (χ0v) is 17.9. The number of methoxy groups -OCH3 is 1. The Morgan fingerprint density at radius 1 is 1.19 bits per heavy atom. The summed E-state index contributed by atoms with van der Waals surface area (Å²) in [6.07, 6.45) is 1.45. The monoisotopic (exact) mass is 422 g/mol. The maximum Gasteiger partial charge on any atom is 0.263 e. The van der Waals surface area contributed by atoms with Crippen LogP contribution in [0.5, 0.6) is 0 Å². The lowest BCUT2D eigenvalue weighted by Gasteiger charge is -2.33. The van der Waals surface area contributed by atoms with Crippen molar-refractivity contribution in [3.05, 3.63) is 53.6 Å². The van der Waals surface area contributed by atoms with Gasteiger partial charge in [0.25, 0.3) is 5.91 Å². The molecule has 1 saturated heterocycles. The zero-order valence-electron chi connectivity index (χ0n) is 17.9. The summed E-state index contributed by atoms with van der Waals surface area (Å²) < 4.78 is 5.42. The third-order valence-electron chi connectivity index (χ3n) is 6.06. The van der Waals surface area contributed by atoms with Gasteiger partial charge in [-0.25, -0.2) is 0 Å². The maximum atomic E-state index is 12.8. The number of amidine groups is 1. The third kappa shape index (κ3) is 4.44. The van der Waals surface area contributed by atoms with Gasteiger partial charge in [0.2, 0.25) is 0 Å².